The third-order valence-electron chi connectivity index (χ3n) is 1.59. The maximum atomic E-state index is 3.26. The molecule has 0 atom stereocenters. The zero-order valence-corrected chi connectivity index (χ0v) is 9.42. The van der Waals surface area contributed by atoms with Crippen LogP contribution in [0.3, 0.4) is 0 Å². The molecule has 1 aliphatic heterocycles. The van der Waals surface area contributed by atoms with Crippen LogP contribution in [0.2, 0.25) is 0 Å². The molecule has 0 bridgehead atoms. The van der Waals surface area contributed by atoms with Crippen LogP contribution in [0.1, 0.15) is 12.8 Å². The second kappa shape index (κ2) is 4.30. The zero-order valence-electron chi connectivity index (χ0n) is 5.11. The molecule has 1 saturated heterocycles. The summed E-state index contributed by atoms with van der Waals surface area (Å²) in [5.41, 5.74) is 0. The Morgan fingerprint density at radius 1 is 1.33 bits per heavy atom. The van der Waals surface area contributed by atoms with E-state index in [9.17, 15) is 0 Å². The number of piperidine rings is 1. The Morgan fingerprint density at radius 2 is 1.89 bits per heavy atom. The Bertz CT molecular complexity index is 81.0. The molecule has 2 nitrogen and oxygen atoms in total. The summed E-state index contributed by atoms with van der Waals surface area (Å²) in [4.78, 5) is 0. The van der Waals surface area contributed by atoms with E-state index in [0.29, 0.717) is 0 Å². The summed E-state index contributed by atoms with van der Waals surface area (Å²) < 4.78 is 5.61. The van der Waals surface area contributed by atoms with Gasteiger partial charge in [0.15, 0.2) is 0 Å². The zero-order chi connectivity index (χ0) is 6.69. The van der Waals surface area contributed by atoms with Crippen molar-refractivity contribution in [2.45, 2.75) is 18.9 Å². The van der Waals surface area contributed by atoms with Gasteiger partial charge in [0.2, 0.25) is 0 Å². The minimum atomic E-state index is 0.761. The SMILES string of the molecule is INC1CCN(I)CC1. The molecule has 0 saturated carbocycles. The van der Waals surface area contributed by atoms with Crippen molar-refractivity contribution in [3.8, 4) is 0 Å². The van der Waals surface area contributed by atoms with Crippen molar-refractivity contribution in [1.82, 2.24) is 6.64 Å². The van der Waals surface area contributed by atoms with Crippen molar-refractivity contribution in [3.63, 3.8) is 0 Å². The van der Waals surface area contributed by atoms with E-state index in [1.165, 1.54) is 25.9 Å². The van der Waals surface area contributed by atoms with Gasteiger partial charge in [0.25, 0.3) is 0 Å². The molecule has 0 aromatic carbocycles. The Morgan fingerprint density at radius 3 is 2.33 bits per heavy atom. The maximum Gasteiger partial charge on any atom is 0.0201 e. The number of hydrogen-bond acceptors (Lipinski definition) is 2. The minimum absolute atomic E-state index is 0.761. The second-order valence-corrected chi connectivity index (χ2v) is 4.28. The average molecular weight is 352 g/mol. The van der Waals surface area contributed by atoms with Crippen LogP contribution in [0.15, 0.2) is 0 Å². The lowest BCUT2D eigenvalue weighted by Gasteiger charge is -2.26. The number of hydrogen-bond donors (Lipinski definition) is 1. The van der Waals surface area contributed by atoms with Gasteiger partial charge in [-0.15, -0.1) is 0 Å². The first-order valence-corrected chi connectivity index (χ1v) is 5.14. The van der Waals surface area contributed by atoms with Crippen LogP contribution in [-0.4, -0.2) is 22.2 Å². The Kier molecular flexibility index (Phi) is 4.05. The molecule has 0 radical (unpaired) electrons. The fraction of sp³-hybridized carbons (Fsp3) is 1.00. The third-order valence-corrected chi connectivity index (χ3v) is 3.44. The molecule has 0 aliphatic carbocycles. The fourth-order valence-corrected chi connectivity index (χ4v) is 2.14. The molecule has 9 heavy (non-hydrogen) atoms. The van der Waals surface area contributed by atoms with E-state index in [2.05, 4.69) is 52.4 Å². The van der Waals surface area contributed by atoms with E-state index in [-0.39, 0.29) is 0 Å². The number of nitrogens with one attached hydrogen (secondary N) is 1. The normalized spacial score (nSPS) is 24.7. The molecule has 1 N–H and O–H groups in total. The summed E-state index contributed by atoms with van der Waals surface area (Å²) in [7, 11) is 0. The largest absolute Gasteiger partial charge is 0.258 e. The lowest BCUT2D eigenvalue weighted by molar-refractivity contribution is 0.361. The van der Waals surface area contributed by atoms with E-state index in [4.69, 9.17) is 0 Å². The number of rotatable bonds is 1. The van der Waals surface area contributed by atoms with E-state index >= 15 is 0 Å². The number of nitrogens with zero attached hydrogens (tertiary/aromatic N) is 1. The highest BCUT2D eigenvalue weighted by Gasteiger charge is 2.15. The molecule has 0 unspecified atom stereocenters. The van der Waals surface area contributed by atoms with Crippen LogP contribution in [0.25, 0.3) is 0 Å². The summed E-state index contributed by atoms with van der Waals surface area (Å²) in [6.45, 7) is 2.47. The first kappa shape index (κ1) is 8.48. The highest BCUT2D eigenvalue weighted by Crippen LogP contribution is 2.13. The summed E-state index contributed by atoms with van der Waals surface area (Å²) in [6, 6.07) is 0.761. The van der Waals surface area contributed by atoms with Gasteiger partial charge in [0, 0.05) is 64.9 Å². The van der Waals surface area contributed by atoms with Crippen molar-refractivity contribution in [2.75, 3.05) is 13.1 Å². The van der Waals surface area contributed by atoms with Crippen LogP contribution in [-0.2, 0) is 0 Å². The van der Waals surface area contributed by atoms with Gasteiger partial charge in [-0.3, -0.25) is 3.53 Å². The Balaban J connectivity index is 2.18. The molecule has 1 fully saturated rings. The fourth-order valence-electron chi connectivity index (χ4n) is 0.957. The molecule has 0 amide bonds. The third kappa shape index (κ3) is 2.85. The van der Waals surface area contributed by atoms with Gasteiger partial charge < -0.3 is 0 Å². The molecule has 1 heterocycles. The molecule has 0 aromatic heterocycles. The molecule has 4 heteroatoms. The van der Waals surface area contributed by atoms with Gasteiger partial charge in [-0.05, 0) is 12.8 Å². The van der Waals surface area contributed by atoms with Gasteiger partial charge in [-0.25, -0.2) is 3.11 Å². The van der Waals surface area contributed by atoms with E-state index in [1.807, 2.05) is 0 Å². The summed E-state index contributed by atoms with van der Waals surface area (Å²) in [5, 5.41) is 0. The lowest BCUT2D eigenvalue weighted by atomic mass is 10.1. The first-order chi connectivity index (χ1) is 4.33. The maximum absolute atomic E-state index is 3.26. The monoisotopic (exact) mass is 352 g/mol. The molecular formula is C5H10I2N2. The first-order valence-electron chi connectivity index (χ1n) is 3.10. The lowest BCUT2D eigenvalue weighted by Crippen LogP contribution is -2.34. The summed E-state index contributed by atoms with van der Waals surface area (Å²) in [6.07, 6.45) is 2.60. The van der Waals surface area contributed by atoms with Gasteiger partial charge in [0.1, 0.15) is 0 Å². The van der Waals surface area contributed by atoms with E-state index < -0.39 is 0 Å². The van der Waals surface area contributed by atoms with Crippen molar-refractivity contribution < 1.29 is 0 Å². The molecule has 1 rings (SSSR count). The van der Waals surface area contributed by atoms with Crippen molar-refractivity contribution in [3.05, 3.63) is 0 Å². The smallest absolute Gasteiger partial charge is 0.0201 e. The van der Waals surface area contributed by atoms with Gasteiger partial charge in [-0.2, -0.15) is 0 Å². The minimum Gasteiger partial charge on any atom is -0.258 e. The van der Waals surface area contributed by atoms with E-state index in [0.717, 1.165) is 6.04 Å². The Labute approximate surface area is 83.7 Å². The predicted molar refractivity (Wildman–Crippen MR) is 55.8 cm³/mol. The van der Waals surface area contributed by atoms with Crippen molar-refractivity contribution in [2.24, 2.45) is 0 Å². The topological polar surface area (TPSA) is 15.3 Å². The van der Waals surface area contributed by atoms with Crippen LogP contribution in [0, 0.1) is 0 Å². The molecule has 0 aromatic rings. The highest BCUT2D eigenvalue weighted by atomic mass is 127. The standard InChI is InChI=1S/C5H10I2N2/c6-8-5-1-3-9(7)4-2-5/h5,8H,1-4H2. The second-order valence-electron chi connectivity index (χ2n) is 2.29. The molecule has 0 spiro atoms. The molecule has 1 aliphatic rings. The van der Waals surface area contributed by atoms with Crippen LogP contribution < -0.4 is 3.53 Å². The van der Waals surface area contributed by atoms with Gasteiger partial charge in [-0.1, -0.05) is 0 Å². The average Bonchev–Trinajstić information content (AvgIpc) is 1.90. The quantitative estimate of drug-likeness (QED) is 0.572. The van der Waals surface area contributed by atoms with Crippen LogP contribution in [0.5, 0.6) is 0 Å². The highest BCUT2D eigenvalue weighted by molar-refractivity contribution is 14.1. The van der Waals surface area contributed by atoms with Gasteiger partial charge >= 0.3 is 0 Å². The predicted octanol–water partition coefficient (Wildman–Crippen LogP) is 1.74. The van der Waals surface area contributed by atoms with Gasteiger partial charge in [0.05, 0.1) is 0 Å². The van der Waals surface area contributed by atoms with Crippen LogP contribution >= 0.6 is 45.7 Å². The molecular weight excluding hydrogens is 342 g/mol. The Hall–Kier alpha value is 1.38. The van der Waals surface area contributed by atoms with Crippen LogP contribution in [0.4, 0.5) is 0 Å². The van der Waals surface area contributed by atoms with Crippen molar-refractivity contribution in [1.29, 1.82) is 0 Å². The van der Waals surface area contributed by atoms with Crippen molar-refractivity contribution >= 4 is 45.7 Å². The summed E-state index contributed by atoms with van der Waals surface area (Å²) in [5.74, 6) is 0. The van der Waals surface area contributed by atoms with E-state index in [1.54, 1.807) is 0 Å². The molecule has 54 valence electrons. The number of halogens is 2. The summed E-state index contributed by atoms with van der Waals surface area (Å²) >= 11 is 4.63.